The molecule has 0 bridgehead atoms. The highest BCUT2D eigenvalue weighted by atomic mass is 16.5. The van der Waals surface area contributed by atoms with Gasteiger partial charge in [0.05, 0.1) is 13.2 Å². The molecular weight excluding hydrogens is 252 g/mol. The fourth-order valence-corrected chi connectivity index (χ4v) is 2.80. The number of carbonyl (C=O) groups is 1. The van der Waals surface area contributed by atoms with Crippen molar-refractivity contribution in [1.82, 2.24) is 0 Å². The molecule has 0 N–H and O–H groups in total. The van der Waals surface area contributed by atoms with E-state index in [9.17, 15) is 4.79 Å². The summed E-state index contributed by atoms with van der Waals surface area (Å²) in [4.78, 5) is 12.2. The van der Waals surface area contributed by atoms with Gasteiger partial charge in [-0.15, -0.1) is 0 Å². The molecule has 3 nitrogen and oxygen atoms in total. The number of carbonyl (C=O) groups excluding carboxylic acids is 1. The lowest BCUT2D eigenvalue weighted by atomic mass is 9.90. The molecule has 1 aromatic rings. The lowest BCUT2D eigenvalue weighted by Crippen LogP contribution is -2.11. The maximum atomic E-state index is 12.2. The summed E-state index contributed by atoms with van der Waals surface area (Å²) in [5.41, 5.74) is 1.07. The van der Waals surface area contributed by atoms with Gasteiger partial charge in [0.15, 0.2) is 11.5 Å². The Labute approximate surface area is 121 Å². The fourth-order valence-electron chi connectivity index (χ4n) is 2.80. The van der Waals surface area contributed by atoms with Gasteiger partial charge in [-0.25, -0.2) is 0 Å². The first-order valence-electron chi connectivity index (χ1n) is 7.68. The molecule has 1 aliphatic carbocycles. The van der Waals surface area contributed by atoms with Crippen molar-refractivity contribution in [3.8, 4) is 11.5 Å². The zero-order valence-electron chi connectivity index (χ0n) is 12.5. The molecular formula is C17H24O3. The fraction of sp³-hybridized carbons (Fsp3) is 0.588. The molecule has 1 saturated carbocycles. The highest BCUT2D eigenvalue weighted by molar-refractivity contribution is 5.86. The highest BCUT2D eigenvalue weighted by Gasteiger charge is 2.23. The van der Waals surface area contributed by atoms with Crippen molar-refractivity contribution in [2.45, 2.75) is 51.9 Å². The number of hydrogen-bond acceptors (Lipinski definition) is 3. The number of ketones is 1. The van der Waals surface area contributed by atoms with E-state index < -0.39 is 0 Å². The van der Waals surface area contributed by atoms with E-state index >= 15 is 0 Å². The third-order valence-corrected chi connectivity index (χ3v) is 3.77. The first-order chi connectivity index (χ1) is 9.76. The summed E-state index contributed by atoms with van der Waals surface area (Å²) < 4.78 is 11.2. The van der Waals surface area contributed by atoms with Gasteiger partial charge in [-0.1, -0.05) is 18.9 Å². The van der Waals surface area contributed by atoms with Crippen molar-refractivity contribution < 1.29 is 14.3 Å². The molecule has 110 valence electrons. The van der Waals surface area contributed by atoms with Crippen molar-refractivity contribution >= 4 is 5.78 Å². The Kier molecular flexibility index (Phi) is 5.45. The molecule has 3 heteroatoms. The monoisotopic (exact) mass is 276 g/mol. The quantitative estimate of drug-likeness (QED) is 0.759. The van der Waals surface area contributed by atoms with Crippen LogP contribution in [0.4, 0.5) is 0 Å². The SMILES string of the molecule is CCOc1ccc(C2CCCCCC2=O)cc1OCC. The topological polar surface area (TPSA) is 35.5 Å². The second-order valence-electron chi connectivity index (χ2n) is 5.19. The van der Waals surface area contributed by atoms with Crippen LogP contribution >= 0.6 is 0 Å². The van der Waals surface area contributed by atoms with Gasteiger partial charge >= 0.3 is 0 Å². The normalized spacial score (nSPS) is 19.5. The van der Waals surface area contributed by atoms with Gasteiger partial charge in [-0.2, -0.15) is 0 Å². The van der Waals surface area contributed by atoms with E-state index in [1.165, 1.54) is 0 Å². The predicted molar refractivity (Wildman–Crippen MR) is 79.6 cm³/mol. The lowest BCUT2D eigenvalue weighted by molar-refractivity contribution is -0.120. The largest absolute Gasteiger partial charge is 0.490 e. The van der Waals surface area contributed by atoms with Crippen LogP contribution in [-0.4, -0.2) is 19.0 Å². The van der Waals surface area contributed by atoms with Crippen LogP contribution in [0.25, 0.3) is 0 Å². The van der Waals surface area contributed by atoms with E-state index in [2.05, 4.69) is 0 Å². The molecule has 0 aliphatic heterocycles. The first kappa shape index (κ1) is 14.9. The molecule has 1 unspecified atom stereocenters. The number of benzene rings is 1. The minimum atomic E-state index is 0.0346. The van der Waals surface area contributed by atoms with Crippen LogP contribution in [0.3, 0.4) is 0 Å². The molecule has 0 radical (unpaired) electrons. The maximum absolute atomic E-state index is 12.2. The van der Waals surface area contributed by atoms with E-state index in [4.69, 9.17) is 9.47 Å². The van der Waals surface area contributed by atoms with Gasteiger partial charge in [0.25, 0.3) is 0 Å². The smallest absolute Gasteiger partial charge is 0.161 e. The van der Waals surface area contributed by atoms with Crippen LogP contribution in [0, 0.1) is 0 Å². The van der Waals surface area contributed by atoms with Crippen LogP contribution in [-0.2, 0) is 4.79 Å². The van der Waals surface area contributed by atoms with Crippen molar-refractivity contribution in [1.29, 1.82) is 0 Å². The Morgan fingerprint density at radius 3 is 2.55 bits per heavy atom. The Hall–Kier alpha value is -1.51. The van der Waals surface area contributed by atoms with Gasteiger partial charge in [0, 0.05) is 12.3 Å². The van der Waals surface area contributed by atoms with E-state index in [1.54, 1.807) is 0 Å². The molecule has 1 aliphatic rings. The minimum absolute atomic E-state index is 0.0346. The van der Waals surface area contributed by atoms with Gasteiger partial charge < -0.3 is 9.47 Å². The van der Waals surface area contributed by atoms with E-state index in [0.717, 1.165) is 42.7 Å². The second kappa shape index (κ2) is 7.32. The minimum Gasteiger partial charge on any atom is -0.490 e. The standard InChI is InChI=1S/C17H24O3/c1-3-19-16-11-10-13(12-17(16)20-4-2)14-8-6-5-7-9-15(14)18/h10-12,14H,3-9H2,1-2H3. The summed E-state index contributed by atoms with van der Waals surface area (Å²) in [6.07, 6.45) is 5.00. The van der Waals surface area contributed by atoms with Crippen molar-refractivity contribution in [2.75, 3.05) is 13.2 Å². The van der Waals surface area contributed by atoms with Crippen LogP contribution in [0.2, 0.25) is 0 Å². The number of Topliss-reactive ketones (excluding diaryl/α,β-unsaturated/α-hetero) is 1. The summed E-state index contributed by atoms with van der Waals surface area (Å²) >= 11 is 0. The van der Waals surface area contributed by atoms with Gasteiger partial charge in [0.2, 0.25) is 0 Å². The molecule has 1 aromatic carbocycles. The van der Waals surface area contributed by atoms with Crippen molar-refractivity contribution in [3.63, 3.8) is 0 Å². The summed E-state index contributed by atoms with van der Waals surface area (Å²) in [6, 6.07) is 5.94. The van der Waals surface area contributed by atoms with Gasteiger partial charge in [-0.3, -0.25) is 4.79 Å². The number of rotatable bonds is 5. The third kappa shape index (κ3) is 3.53. The molecule has 0 spiro atoms. The van der Waals surface area contributed by atoms with Crippen LogP contribution in [0.15, 0.2) is 18.2 Å². The third-order valence-electron chi connectivity index (χ3n) is 3.77. The molecule has 20 heavy (non-hydrogen) atoms. The molecule has 2 rings (SSSR count). The van der Waals surface area contributed by atoms with Gasteiger partial charge in [0.1, 0.15) is 5.78 Å². The Bertz CT molecular complexity index is 454. The van der Waals surface area contributed by atoms with Crippen LogP contribution in [0.5, 0.6) is 11.5 Å². The van der Waals surface area contributed by atoms with E-state index in [1.807, 2.05) is 32.0 Å². The van der Waals surface area contributed by atoms with Crippen molar-refractivity contribution in [2.24, 2.45) is 0 Å². The van der Waals surface area contributed by atoms with Crippen LogP contribution < -0.4 is 9.47 Å². The van der Waals surface area contributed by atoms with Crippen LogP contribution in [0.1, 0.15) is 57.4 Å². The molecule has 1 atom stereocenters. The average molecular weight is 276 g/mol. The first-order valence-corrected chi connectivity index (χ1v) is 7.68. The van der Waals surface area contributed by atoms with Gasteiger partial charge in [-0.05, 0) is 44.4 Å². The lowest BCUT2D eigenvalue weighted by Gasteiger charge is -2.17. The molecule has 0 amide bonds. The Morgan fingerprint density at radius 2 is 1.80 bits per heavy atom. The summed E-state index contributed by atoms with van der Waals surface area (Å²) in [6.45, 7) is 5.13. The average Bonchev–Trinajstić information content (AvgIpc) is 2.66. The summed E-state index contributed by atoms with van der Waals surface area (Å²) in [5.74, 6) is 1.92. The Morgan fingerprint density at radius 1 is 1.05 bits per heavy atom. The molecule has 1 fully saturated rings. The number of hydrogen-bond donors (Lipinski definition) is 0. The molecule has 0 heterocycles. The maximum Gasteiger partial charge on any atom is 0.161 e. The van der Waals surface area contributed by atoms with E-state index in [-0.39, 0.29) is 5.92 Å². The highest BCUT2D eigenvalue weighted by Crippen LogP contribution is 2.35. The van der Waals surface area contributed by atoms with Crippen molar-refractivity contribution in [3.05, 3.63) is 23.8 Å². The number of ether oxygens (including phenoxy) is 2. The predicted octanol–water partition coefficient (Wildman–Crippen LogP) is 4.10. The zero-order valence-corrected chi connectivity index (χ0v) is 12.5. The van der Waals surface area contributed by atoms with E-state index in [0.29, 0.717) is 25.4 Å². The molecule has 0 saturated heterocycles. The summed E-state index contributed by atoms with van der Waals surface area (Å²) in [7, 11) is 0. The zero-order chi connectivity index (χ0) is 14.4. The Balaban J connectivity index is 2.26. The summed E-state index contributed by atoms with van der Waals surface area (Å²) in [5, 5.41) is 0. The second-order valence-corrected chi connectivity index (χ2v) is 5.19. The molecule has 0 aromatic heterocycles.